The average Bonchev–Trinajstić information content (AvgIpc) is 2.47. The van der Waals surface area contributed by atoms with E-state index >= 15 is 0 Å². The lowest BCUT2D eigenvalue weighted by atomic mass is 10.2. The molecule has 0 fully saturated rings. The Kier molecular flexibility index (Phi) is 6.64. The molecular formula is C14H24N4O2S. The van der Waals surface area contributed by atoms with Gasteiger partial charge in [-0.25, -0.2) is 12.7 Å². The summed E-state index contributed by atoms with van der Waals surface area (Å²) in [4.78, 5) is 4.41. The Bertz CT molecular complexity index is 565. The van der Waals surface area contributed by atoms with Crippen molar-refractivity contribution in [2.45, 2.75) is 24.8 Å². The number of sulfonamides is 1. The normalized spacial score (nSPS) is 12.5. The summed E-state index contributed by atoms with van der Waals surface area (Å²) in [6.45, 7) is 3.54. The highest BCUT2D eigenvalue weighted by atomic mass is 32.2. The molecule has 0 unspecified atom stereocenters. The summed E-state index contributed by atoms with van der Waals surface area (Å²) < 4.78 is 25.1. The summed E-state index contributed by atoms with van der Waals surface area (Å²) in [6.07, 6.45) is 1.03. The second-order valence-electron chi connectivity index (χ2n) is 4.78. The number of nitrogens with one attached hydrogen (secondary N) is 2. The number of hydrogen-bond donors (Lipinski definition) is 2. The SMILES string of the molecule is CCCNC(=NC)NCc1ccc(S(=O)(=O)N(C)C)cc1. The van der Waals surface area contributed by atoms with Crippen molar-refractivity contribution in [1.82, 2.24) is 14.9 Å². The molecular weight excluding hydrogens is 288 g/mol. The number of hydrogen-bond acceptors (Lipinski definition) is 3. The molecule has 0 aliphatic carbocycles. The third-order valence-electron chi connectivity index (χ3n) is 2.93. The van der Waals surface area contributed by atoms with Crippen molar-refractivity contribution in [3.8, 4) is 0 Å². The van der Waals surface area contributed by atoms with Gasteiger partial charge >= 0.3 is 0 Å². The molecule has 0 saturated carbocycles. The summed E-state index contributed by atoms with van der Waals surface area (Å²) in [7, 11) is 1.40. The van der Waals surface area contributed by atoms with E-state index in [2.05, 4.69) is 22.5 Å². The number of aliphatic imine (C=N–C) groups is 1. The van der Waals surface area contributed by atoms with Crippen LogP contribution in [0.4, 0.5) is 0 Å². The van der Waals surface area contributed by atoms with E-state index in [1.54, 1.807) is 31.3 Å². The molecule has 1 rings (SSSR count). The summed E-state index contributed by atoms with van der Waals surface area (Å²) in [6, 6.07) is 6.84. The standard InChI is InChI=1S/C14H24N4O2S/c1-5-10-16-14(15-2)17-11-12-6-8-13(9-7-12)21(19,20)18(3)4/h6-9H,5,10-11H2,1-4H3,(H2,15,16,17). The van der Waals surface area contributed by atoms with Gasteiger partial charge in [0.05, 0.1) is 4.90 Å². The molecule has 7 heteroatoms. The Morgan fingerprint density at radius 1 is 1.19 bits per heavy atom. The maximum absolute atomic E-state index is 12.0. The molecule has 21 heavy (non-hydrogen) atoms. The molecule has 2 N–H and O–H groups in total. The van der Waals surface area contributed by atoms with Gasteiger partial charge in [0.25, 0.3) is 0 Å². The summed E-state index contributed by atoms with van der Waals surface area (Å²) in [5.41, 5.74) is 0.993. The minimum atomic E-state index is -3.36. The van der Waals surface area contributed by atoms with Gasteiger partial charge in [-0.1, -0.05) is 19.1 Å². The van der Waals surface area contributed by atoms with Crippen LogP contribution in [0.3, 0.4) is 0 Å². The Morgan fingerprint density at radius 2 is 1.81 bits per heavy atom. The zero-order chi connectivity index (χ0) is 15.9. The van der Waals surface area contributed by atoms with Crippen LogP contribution in [0.1, 0.15) is 18.9 Å². The van der Waals surface area contributed by atoms with Gasteiger partial charge in [-0.05, 0) is 24.1 Å². The molecule has 0 saturated heterocycles. The lowest BCUT2D eigenvalue weighted by Gasteiger charge is -2.13. The third-order valence-corrected chi connectivity index (χ3v) is 4.76. The van der Waals surface area contributed by atoms with Crippen LogP contribution in [0, 0.1) is 0 Å². The fraction of sp³-hybridized carbons (Fsp3) is 0.500. The first-order valence-electron chi connectivity index (χ1n) is 6.87. The average molecular weight is 312 g/mol. The van der Waals surface area contributed by atoms with Gasteiger partial charge in [-0.3, -0.25) is 4.99 Å². The molecule has 0 radical (unpaired) electrons. The number of nitrogens with zero attached hydrogens (tertiary/aromatic N) is 2. The largest absolute Gasteiger partial charge is 0.356 e. The minimum Gasteiger partial charge on any atom is -0.356 e. The summed E-state index contributed by atoms with van der Waals surface area (Å²) in [5.74, 6) is 0.738. The van der Waals surface area contributed by atoms with E-state index in [1.165, 1.54) is 18.4 Å². The molecule has 0 amide bonds. The quantitative estimate of drug-likeness (QED) is 0.607. The third kappa shape index (κ3) is 5.02. The van der Waals surface area contributed by atoms with Crippen molar-refractivity contribution in [2.75, 3.05) is 27.7 Å². The predicted molar refractivity (Wildman–Crippen MR) is 85.8 cm³/mol. The van der Waals surface area contributed by atoms with E-state index in [0.29, 0.717) is 11.4 Å². The Morgan fingerprint density at radius 3 is 2.29 bits per heavy atom. The second kappa shape index (κ2) is 7.99. The molecule has 0 aliphatic rings. The van der Waals surface area contributed by atoms with Crippen molar-refractivity contribution in [3.63, 3.8) is 0 Å². The maximum atomic E-state index is 12.0. The van der Waals surface area contributed by atoms with Crippen LogP contribution in [0.15, 0.2) is 34.2 Å². The molecule has 0 heterocycles. The highest BCUT2D eigenvalue weighted by Gasteiger charge is 2.16. The van der Waals surface area contributed by atoms with Crippen molar-refractivity contribution >= 4 is 16.0 Å². The lowest BCUT2D eigenvalue weighted by Crippen LogP contribution is -2.37. The van der Waals surface area contributed by atoms with Crippen LogP contribution in [-0.4, -0.2) is 46.4 Å². The Hall–Kier alpha value is -1.60. The highest BCUT2D eigenvalue weighted by molar-refractivity contribution is 7.89. The summed E-state index contributed by atoms with van der Waals surface area (Å²) >= 11 is 0. The minimum absolute atomic E-state index is 0.296. The Balaban J connectivity index is 2.67. The molecule has 1 aromatic carbocycles. The second-order valence-corrected chi connectivity index (χ2v) is 6.94. The Labute approximate surface area is 127 Å². The number of guanidine groups is 1. The van der Waals surface area contributed by atoms with Crippen LogP contribution >= 0.6 is 0 Å². The van der Waals surface area contributed by atoms with E-state index in [9.17, 15) is 8.42 Å². The molecule has 6 nitrogen and oxygen atoms in total. The fourth-order valence-electron chi connectivity index (χ4n) is 1.64. The van der Waals surface area contributed by atoms with Crippen molar-refractivity contribution in [3.05, 3.63) is 29.8 Å². The van der Waals surface area contributed by atoms with Gasteiger partial charge in [-0.15, -0.1) is 0 Å². The topological polar surface area (TPSA) is 73.8 Å². The van der Waals surface area contributed by atoms with Crippen LogP contribution in [-0.2, 0) is 16.6 Å². The molecule has 0 atom stereocenters. The molecule has 0 spiro atoms. The molecule has 0 aliphatic heterocycles. The molecule has 0 aromatic heterocycles. The van der Waals surface area contributed by atoms with Gasteiger partial charge < -0.3 is 10.6 Å². The monoisotopic (exact) mass is 312 g/mol. The molecule has 0 bridgehead atoms. The first-order valence-corrected chi connectivity index (χ1v) is 8.31. The lowest BCUT2D eigenvalue weighted by molar-refractivity contribution is 0.520. The van der Waals surface area contributed by atoms with E-state index in [1.807, 2.05) is 0 Å². The van der Waals surface area contributed by atoms with Gasteiger partial charge in [0, 0.05) is 34.2 Å². The zero-order valence-electron chi connectivity index (χ0n) is 13.0. The fourth-order valence-corrected chi connectivity index (χ4v) is 2.54. The van der Waals surface area contributed by atoms with Gasteiger partial charge in [0.2, 0.25) is 10.0 Å². The van der Waals surface area contributed by atoms with Crippen LogP contribution in [0.2, 0.25) is 0 Å². The van der Waals surface area contributed by atoms with E-state index in [4.69, 9.17) is 0 Å². The van der Waals surface area contributed by atoms with Crippen molar-refractivity contribution in [1.29, 1.82) is 0 Å². The molecule has 1 aromatic rings. The highest BCUT2D eigenvalue weighted by Crippen LogP contribution is 2.13. The smallest absolute Gasteiger partial charge is 0.242 e. The number of benzene rings is 1. The maximum Gasteiger partial charge on any atom is 0.242 e. The van der Waals surface area contributed by atoms with E-state index in [0.717, 1.165) is 24.5 Å². The van der Waals surface area contributed by atoms with Gasteiger partial charge in [0.15, 0.2) is 5.96 Å². The van der Waals surface area contributed by atoms with E-state index in [-0.39, 0.29) is 0 Å². The van der Waals surface area contributed by atoms with E-state index < -0.39 is 10.0 Å². The van der Waals surface area contributed by atoms with Crippen LogP contribution < -0.4 is 10.6 Å². The van der Waals surface area contributed by atoms with Gasteiger partial charge in [0.1, 0.15) is 0 Å². The van der Waals surface area contributed by atoms with Gasteiger partial charge in [-0.2, -0.15) is 0 Å². The van der Waals surface area contributed by atoms with Crippen LogP contribution in [0.25, 0.3) is 0 Å². The first-order chi connectivity index (χ1) is 9.91. The van der Waals surface area contributed by atoms with Crippen molar-refractivity contribution in [2.24, 2.45) is 4.99 Å². The van der Waals surface area contributed by atoms with Crippen molar-refractivity contribution < 1.29 is 8.42 Å². The van der Waals surface area contributed by atoms with Crippen LogP contribution in [0.5, 0.6) is 0 Å². The summed E-state index contributed by atoms with van der Waals surface area (Å²) in [5, 5.41) is 6.36. The predicted octanol–water partition coefficient (Wildman–Crippen LogP) is 1.01. The first kappa shape index (κ1) is 17.5. The zero-order valence-corrected chi connectivity index (χ0v) is 13.9. The molecule has 118 valence electrons. The number of rotatable bonds is 6.